The van der Waals surface area contributed by atoms with Crippen molar-refractivity contribution in [3.63, 3.8) is 0 Å². The molecule has 0 aliphatic rings. The van der Waals surface area contributed by atoms with E-state index in [4.69, 9.17) is 0 Å². The van der Waals surface area contributed by atoms with Crippen LogP contribution in [0.2, 0.25) is 0 Å². The zero-order chi connectivity index (χ0) is 12.1. The zero-order valence-corrected chi connectivity index (χ0v) is 10.2. The predicted octanol–water partition coefficient (Wildman–Crippen LogP) is 1.07. The maximum absolute atomic E-state index is 11.7. The highest BCUT2D eigenvalue weighted by Gasteiger charge is 2.25. The highest BCUT2D eigenvalue weighted by Crippen LogP contribution is 2.06. The Morgan fingerprint density at radius 2 is 2.19 bits per heavy atom. The molecule has 0 aliphatic heterocycles. The number of aromatic nitrogens is 1. The van der Waals surface area contributed by atoms with E-state index in [1.54, 1.807) is 10.9 Å². The van der Waals surface area contributed by atoms with Gasteiger partial charge in [-0.25, -0.2) is 9.78 Å². The normalized spacial score (nSPS) is 12.2. The fourth-order valence-corrected chi connectivity index (χ4v) is 1.70. The third kappa shape index (κ3) is 3.03. The van der Waals surface area contributed by atoms with Crippen molar-refractivity contribution in [3.05, 3.63) is 16.6 Å². The van der Waals surface area contributed by atoms with E-state index in [-0.39, 0.29) is 11.8 Å². The van der Waals surface area contributed by atoms with Gasteiger partial charge < -0.3 is 10.1 Å². The van der Waals surface area contributed by atoms with Gasteiger partial charge in [0.1, 0.15) is 11.7 Å². The van der Waals surface area contributed by atoms with Crippen LogP contribution in [0.3, 0.4) is 0 Å². The number of nitrogens with zero attached hydrogens (tertiary/aromatic N) is 1. The summed E-state index contributed by atoms with van der Waals surface area (Å²) in [5, 5.41) is 4.23. The second kappa shape index (κ2) is 5.60. The van der Waals surface area contributed by atoms with Gasteiger partial charge in [0.05, 0.1) is 12.6 Å². The monoisotopic (exact) mass is 242 g/mol. The number of amides is 1. The molecule has 0 aliphatic carbocycles. The Hall–Kier alpha value is -1.43. The summed E-state index contributed by atoms with van der Waals surface area (Å²) in [4.78, 5) is 26.9. The number of methoxy groups -OCH3 is 1. The lowest BCUT2D eigenvalue weighted by Gasteiger charge is -2.19. The van der Waals surface area contributed by atoms with Crippen LogP contribution in [0.5, 0.6) is 0 Å². The van der Waals surface area contributed by atoms with Gasteiger partial charge in [0.25, 0.3) is 5.91 Å². The summed E-state index contributed by atoms with van der Waals surface area (Å²) in [6.07, 6.45) is 0. The van der Waals surface area contributed by atoms with Crippen molar-refractivity contribution in [2.45, 2.75) is 19.9 Å². The molecule has 1 heterocycles. The molecule has 0 saturated heterocycles. The molecule has 0 spiro atoms. The number of hydrogen-bond acceptors (Lipinski definition) is 5. The van der Waals surface area contributed by atoms with Crippen LogP contribution in [0.1, 0.15) is 24.3 Å². The van der Waals surface area contributed by atoms with Crippen molar-refractivity contribution >= 4 is 23.2 Å². The van der Waals surface area contributed by atoms with E-state index < -0.39 is 12.0 Å². The van der Waals surface area contributed by atoms with E-state index in [1.807, 2.05) is 13.8 Å². The minimum absolute atomic E-state index is 0.0324. The highest BCUT2D eigenvalue weighted by molar-refractivity contribution is 7.07. The molecule has 6 heteroatoms. The van der Waals surface area contributed by atoms with Crippen LogP contribution in [-0.2, 0) is 9.53 Å². The molecule has 1 amide bonds. The average Bonchev–Trinajstić information content (AvgIpc) is 2.77. The van der Waals surface area contributed by atoms with Crippen molar-refractivity contribution in [3.8, 4) is 0 Å². The number of ether oxygens (including phenoxy) is 1. The number of nitrogens with one attached hydrogen (secondary N) is 1. The van der Waals surface area contributed by atoms with Crippen molar-refractivity contribution in [1.29, 1.82) is 0 Å². The van der Waals surface area contributed by atoms with Gasteiger partial charge in [-0.3, -0.25) is 4.79 Å². The van der Waals surface area contributed by atoms with Crippen molar-refractivity contribution < 1.29 is 14.3 Å². The lowest BCUT2D eigenvalue weighted by Crippen LogP contribution is -2.45. The van der Waals surface area contributed by atoms with Crippen LogP contribution in [0.15, 0.2) is 10.9 Å². The molecule has 1 aromatic rings. The number of thiazole rings is 1. The van der Waals surface area contributed by atoms with Gasteiger partial charge in [0.2, 0.25) is 0 Å². The Kier molecular flexibility index (Phi) is 4.42. The standard InChI is InChI=1S/C10H14N2O3S/c1-6(2)8(10(14)15-3)12-9(13)7-4-16-5-11-7/h4-6,8H,1-3H3,(H,12,13). The van der Waals surface area contributed by atoms with Crippen LogP contribution >= 0.6 is 11.3 Å². The van der Waals surface area contributed by atoms with Gasteiger partial charge in [0.15, 0.2) is 0 Å². The first-order valence-electron chi connectivity index (χ1n) is 4.83. The quantitative estimate of drug-likeness (QED) is 0.802. The molecule has 16 heavy (non-hydrogen) atoms. The molecular weight excluding hydrogens is 228 g/mol. The van der Waals surface area contributed by atoms with Crippen LogP contribution < -0.4 is 5.32 Å². The van der Waals surface area contributed by atoms with E-state index >= 15 is 0 Å². The van der Waals surface area contributed by atoms with Gasteiger partial charge in [-0.2, -0.15) is 0 Å². The Morgan fingerprint density at radius 3 is 2.62 bits per heavy atom. The van der Waals surface area contributed by atoms with Gasteiger partial charge >= 0.3 is 5.97 Å². The van der Waals surface area contributed by atoms with E-state index in [2.05, 4.69) is 15.0 Å². The molecule has 0 aromatic carbocycles. The number of carbonyl (C=O) groups excluding carboxylic acids is 2. The average molecular weight is 242 g/mol. The molecule has 0 radical (unpaired) electrons. The number of rotatable bonds is 4. The number of esters is 1. The molecule has 1 N–H and O–H groups in total. The molecule has 0 bridgehead atoms. The van der Waals surface area contributed by atoms with Crippen molar-refractivity contribution in [1.82, 2.24) is 10.3 Å². The third-order valence-corrected chi connectivity index (χ3v) is 2.66. The van der Waals surface area contributed by atoms with Crippen molar-refractivity contribution in [2.75, 3.05) is 7.11 Å². The molecule has 88 valence electrons. The van der Waals surface area contributed by atoms with E-state index in [0.29, 0.717) is 5.69 Å². The molecule has 5 nitrogen and oxygen atoms in total. The Morgan fingerprint density at radius 1 is 1.50 bits per heavy atom. The lowest BCUT2D eigenvalue weighted by molar-refractivity contribution is -0.144. The summed E-state index contributed by atoms with van der Waals surface area (Å²) >= 11 is 1.33. The minimum atomic E-state index is -0.640. The predicted molar refractivity (Wildman–Crippen MR) is 60.2 cm³/mol. The maximum Gasteiger partial charge on any atom is 0.328 e. The second-order valence-electron chi connectivity index (χ2n) is 3.59. The molecular formula is C10H14N2O3S. The minimum Gasteiger partial charge on any atom is -0.467 e. The third-order valence-electron chi connectivity index (χ3n) is 2.07. The summed E-state index contributed by atoms with van der Waals surface area (Å²) in [5.41, 5.74) is 1.89. The lowest BCUT2D eigenvalue weighted by atomic mass is 10.0. The fourth-order valence-electron chi connectivity index (χ4n) is 1.16. The SMILES string of the molecule is COC(=O)C(NC(=O)c1cscn1)C(C)C. The van der Waals surface area contributed by atoms with Gasteiger partial charge in [-0.05, 0) is 5.92 Å². The number of carbonyl (C=O) groups is 2. The first-order valence-corrected chi connectivity index (χ1v) is 5.77. The molecule has 1 atom stereocenters. The summed E-state index contributed by atoms with van der Waals surface area (Å²) in [6, 6.07) is -0.640. The Labute approximate surface area is 97.8 Å². The first kappa shape index (κ1) is 12.6. The van der Waals surface area contributed by atoms with Crippen LogP contribution in [-0.4, -0.2) is 30.0 Å². The summed E-state index contributed by atoms with van der Waals surface area (Å²) in [7, 11) is 1.30. The second-order valence-corrected chi connectivity index (χ2v) is 4.31. The largest absolute Gasteiger partial charge is 0.467 e. The summed E-state index contributed by atoms with van der Waals surface area (Å²) in [5.74, 6) is -0.834. The smallest absolute Gasteiger partial charge is 0.328 e. The fraction of sp³-hybridized carbons (Fsp3) is 0.500. The van der Waals surface area contributed by atoms with Gasteiger partial charge in [-0.1, -0.05) is 13.8 Å². The van der Waals surface area contributed by atoms with Crippen LogP contribution in [0.4, 0.5) is 0 Å². The van der Waals surface area contributed by atoms with Crippen LogP contribution in [0, 0.1) is 5.92 Å². The Balaban J connectivity index is 2.69. The van der Waals surface area contributed by atoms with Crippen LogP contribution in [0.25, 0.3) is 0 Å². The summed E-state index contributed by atoms with van der Waals surface area (Å²) in [6.45, 7) is 3.67. The molecule has 0 saturated carbocycles. The van der Waals surface area contributed by atoms with Crippen molar-refractivity contribution in [2.24, 2.45) is 5.92 Å². The van der Waals surface area contributed by atoms with E-state index in [0.717, 1.165) is 0 Å². The number of hydrogen-bond donors (Lipinski definition) is 1. The first-order chi connectivity index (χ1) is 7.56. The van der Waals surface area contributed by atoms with E-state index in [9.17, 15) is 9.59 Å². The molecule has 1 rings (SSSR count). The van der Waals surface area contributed by atoms with Gasteiger partial charge in [-0.15, -0.1) is 11.3 Å². The topological polar surface area (TPSA) is 68.3 Å². The summed E-state index contributed by atoms with van der Waals surface area (Å²) < 4.78 is 4.62. The maximum atomic E-state index is 11.7. The highest BCUT2D eigenvalue weighted by atomic mass is 32.1. The molecule has 1 unspecified atom stereocenters. The molecule has 0 fully saturated rings. The van der Waals surface area contributed by atoms with Gasteiger partial charge in [0, 0.05) is 5.38 Å². The zero-order valence-electron chi connectivity index (χ0n) is 9.39. The Bertz CT molecular complexity index is 362. The molecule has 1 aromatic heterocycles. The van der Waals surface area contributed by atoms with E-state index in [1.165, 1.54) is 18.4 Å².